The van der Waals surface area contributed by atoms with Crippen molar-refractivity contribution in [1.82, 2.24) is 5.32 Å². The normalized spacial score (nSPS) is 20.6. The number of anilines is 2. The number of amides is 2. The first kappa shape index (κ1) is 21.5. The van der Waals surface area contributed by atoms with Crippen LogP contribution in [-0.4, -0.2) is 36.9 Å². The molecule has 2 aliphatic rings. The SMILES string of the molecule is CN1c2cc(C(F)(F)F)ccc2CCC1CNC(=O)Nc1cccc2c1CC(O)CC2. The minimum Gasteiger partial charge on any atom is -0.393 e. The van der Waals surface area contributed by atoms with E-state index < -0.39 is 17.8 Å². The number of nitrogens with zero attached hydrogens (tertiary/aromatic N) is 1. The van der Waals surface area contributed by atoms with Crippen LogP contribution in [0.3, 0.4) is 0 Å². The van der Waals surface area contributed by atoms with Gasteiger partial charge in [0, 0.05) is 37.4 Å². The van der Waals surface area contributed by atoms with Gasteiger partial charge >= 0.3 is 12.2 Å². The molecule has 1 aliphatic heterocycles. The van der Waals surface area contributed by atoms with Crippen molar-refractivity contribution in [1.29, 1.82) is 0 Å². The lowest BCUT2D eigenvalue weighted by atomic mass is 9.88. The molecule has 2 aromatic carbocycles. The molecular formula is C23H26F3N3O2. The van der Waals surface area contributed by atoms with E-state index in [0.717, 1.165) is 35.6 Å². The van der Waals surface area contributed by atoms with Crippen LogP contribution in [0, 0.1) is 0 Å². The van der Waals surface area contributed by atoms with Crippen molar-refractivity contribution < 1.29 is 23.1 Å². The monoisotopic (exact) mass is 433 g/mol. The molecule has 0 bridgehead atoms. The Kier molecular flexibility index (Phi) is 5.83. The van der Waals surface area contributed by atoms with E-state index in [2.05, 4.69) is 10.6 Å². The zero-order chi connectivity index (χ0) is 22.2. The maximum Gasteiger partial charge on any atom is 0.416 e. The highest BCUT2D eigenvalue weighted by Gasteiger charge is 2.33. The van der Waals surface area contributed by atoms with E-state index in [9.17, 15) is 23.1 Å². The minimum absolute atomic E-state index is 0.103. The maximum absolute atomic E-state index is 13.1. The number of hydrogen-bond acceptors (Lipinski definition) is 3. The van der Waals surface area contributed by atoms with E-state index in [1.165, 1.54) is 12.1 Å². The van der Waals surface area contributed by atoms with Gasteiger partial charge in [-0.25, -0.2) is 4.79 Å². The summed E-state index contributed by atoms with van der Waals surface area (Å²) in [7, 11) is 1.76. The lowest BCUT2D eigenvalue weighted by Crippen LogP contribution is -2.45. The zero-order valence-corrected chi connectivity index (χ0v) is 17.3. The number of aliphatic hydroxyl groups is 1. The second-order valence-electron chi connectivity index (χ2n) is 8.32. The largest absolute Gasteiger partial charge is 0.416 e. The number of hydrogen-bond donors (Lipinski definition) is 3. The first-order valence-corrected chi connectivity index (χ1v) is 10.5. The standard InChI is InChI=1S/C23H26F3N3O2/c1-29-17(9-6-15-5-8-16(11-21(15)29)23(24,25)26)13-27-22(31)28-20-4-2-3-14-7-10-18(30)12-19(14)20/h2-5,8,11,17-18,30H,6-7,9-10,12-13H2,1H3,(H2,27,28,31). The van der Waals surface area contributed by atoms with Crippen molar-refractivity contribution in [3.8, 4) is 0 Å². The van der Waals surface area contributed by atoms with E-state index in [0.29, 0.717) is 37.2 Å². The molecule has 1 aliphatic carbocycles. The van der Waals surface area contributed by atoms with Gasteiger partial charge in [-0.2, -0.15) is 13.2 Å². The number of carbonyl (C=O) groups excluding carboxylic acids is 1. The van der Waals surface area contributed by atoms with Crippen molar-refractivity contribution in [2.75, 3.05) is 23.8 Å². The van der Waals surface area contributed by atoms with Gasteiger partial charge in [0.05, 0.1) is 11.7 Å². The third kappa shape index (κ3) is 4.63. The Morgan fingerprint density at radius 3 is 2.71 bits per heavy atom. The van der Waals surface area contributed by atoms with E-state index in [-0.39, 0.29) is 12.1 Å². The molecule has 2 atom stereocenters. The lowest BCUT2D eigenvalue weighted by molar-refractivity contribution is -0.137. The van der Waals surface area contributed by atoms with Crippen LogP contribution in [0.15, 0.2) is 36.4 Å². The van der Waals surface area contributed by atoms with Crippen LogP contribution in [0.2, 0.25) is 0 Å². The number of alkyl halides is 3. The fraction of sp³-hybridized carbons (Fsp3) is 0.435. The fourth-order valence-electron chi connectivity index (χ4n) is 4.50. The van der Waals surface area contributed by atoms with Gasteiger partial charge in [-0.15, -0.1) is 0 Å². The number of likely N-dealkylation sites (N-methyl/N-ethyl adjacent to an activating group) is 1. The third-order valence-corrected chi connectivity index (χ3v) is 6.29. The molecule has 2 unspecified atom stereocenters. The van der Waals surface area contributed by atoms with Crippen molar-refractivity contribution in [2.24, 2.45) is 0 Å². The molecule has 2 aromatic rings. The average Bonchev–Trinajstić information content (AvgIpc) is 2.73. The number of carbonyl (C=O) groups is 1. The van der Waals surface area contributed by atoms with Crippen molar-refractivity contribution in [2.45, 2.75) is 50.4 Å². The molecule has 0 saturated carbocycles. The fourth-order valence-corrected chi connectivity index (χ4v) is 4.50. The molecule has 0 fully saturated rings. The summed E-state index contributed by atoms with van der Waals surface area (Å²) in [6, 6.07) is 9.09. The smallest absolute Gasteiger partial charge is 0.393 e. The molecule has 0 radical (unpaired) electrons. The third-order valence-electron chi connectivity index (χ3n) is 6.29. The number of rotatable bonds is 3. The van der Waals surface area contributed by atoms with Gasteiger partial charge in [-0.05, 0) is 60.6 Å². The molecule has 0 aromatic heterocycles. The molecular weight excluding hydrogens is 407 g/mol. The molecule has 166 valence electrons. The molecule has 0 spiro atoms. The minimum atomic E-state index is -4.39. The van der Waals surface area contributed by atoms with Crippen molar-refractivity contribution >= 4 is 17.4 Å². The van der Waals surface area contributed by atoms with Gasteiger partial charge in [-0.1, -0.05) is 18.2 Å². The summed E-state index contributed by atoms with van der Waals surface area (Å²) in [5.41, 5.74) is 3.54. The number of fused-ring (bicyclic) bond motifs is 2. The van der Waals surface area contributed by atoms with Crippen LogP contribution in [0.4, 0.5) is 29.3 Å². The van der Waals surface area contributed by atoms with Crippen LogP contribution >= 0.6 is 0 Å². The molecule has 31 heavy (non-hydrogen) atoms. The zero-order valence-electron chi connectivity index (χ0n) is 17.3. The summed E-state index contributed by atoms with van der Waals surface area (Å²) in [4.78, 5) is 14.3. The van der Waals surface area contributed by atoms with Gasteiger partial charge < -0.3 is 20.6 Å². The molecule has 1 heterocycles. The molecule has 8 heteroatoms. The van der Waals surface area contributed by atoms with Crippen LogP contribution in [0.5, 0.6) is 0 Å². The lowest BCUT2D eigenvalue weighted by Gasteiger charge is -2.36. The molecule has 5 nitrogen and oxygen atoms in total. The van der Waals surface area contributed by atoms with Crippen LogP contribution in [0.1, 0.15) is 35.1 Å². The summed E-state index contributed by atoms with van der Waals surface area (Å²) in [6.45, 7) is 0.315. The van der Waals surface area contributed by atoms with Crippen LogP contribution in [0.25, 0.3) is 0 Å². The van der Waals surface area contributed by atoms with Gasteiger partial charge in [-0.3, -0.25) is 0 Å². The first-order valence-electron chi connectivity index (χ1n) is 10.5. The topological polar surface area (TPSA) is 64.6 Å². The molecule has 3 N–H and O–H groups in total. The molecule has 2 amide bonds. The maximum atomic E-state index is 13.1. The quantitative estimate of drug-likeness (QED) is 0.682. The summed E-state index contributed by atoms with van der Waals surface area (Å²) >= 11 is 0. The Labute approximate surface area is 179 Å². The van der Waals surface area contributed by atoms with Gasteiger partial charge in [0.25, 0.3) is 0 Å². The Morgan fingerprint density at radius 1 is 1.16 bits per heavy atom. The first-order chi connectivity index (χ1) is 14.7. The second kappa shape index (κ2) is 8.42. The van der Waals surface area contributed by atoms with Gasteiger partial charge in [0.2, 0.25) is 0 Å². The van der Waals surface area contributed by atoms with E-state index in [1.807, 2.05) is 23.1 Å². The van der Waals surface area contributed by atoms with E-state index in [1.54, 1.807) is 7.05 Å². The number of urea groups is 1. The Morgan fingerprint density at radius 2 is 1.94 bits per heavy atom. The number of aryl methyl sites for hydroxylation is 2. The predicted molar refractivity (Wildman–Crippen MR) is 113 cm³/mol. The summed E-state index contributed by atoms with van der Waals surface area (Å²) < 4.78 is 39.3. The number of nitrogens with one attached hydrogen (secondary N) is 2. The van der Waals surface area contributed by atoms with Crippen molar-refractivity contribution in [3.05, 3.63) is 58.7 Å². The highest BCUT2D eigenvalue weighted by atomic mass is 19.4. The Bertz CT molecular complexity index is 977. The van der Waals surface area contributed by atoms with Gasteiger partial charge in [0.15, 0.2) is 0 Å². The molecule has 0 saturated heterocycles. The highest BCUT2D eigenvalue weighted by Crippen LogP contribution is 2.36. The van der Waals surface area contributed by atoms with Crippen molar-refractivity contribution in [3.63, 3.8) is 0 Å². The van der Waals surface area contributed by atoms with Crippen LogP contribution in [-0.2, 0) is 25.4 Å². The summed E-state index contributed by atoms with van der Waals surface area (Å²) in [5, 5.41) is 15.7. The Balaban J connectivity index is 1.40. The van der Waals surface area contributed by atoms with E-state index >= 15 is 0 Å². The number of aliphatic hydroxyl groups excluding tert-OH is 1. The highest BCUT2D eigenvalue weighted by molar-refractivity contribution is 5.90. The second-order valence-corrected chi connectivity index (χ2v) is 8.32. The van der Waals surface area contributed by atoms with E-state index in [4.69, 9.17) is 0 Å². The average molecular weight is 433 g/mol. The van der Waals surface area contributed by atoms with Crippen LogP contribution < -0.4 is 15.5 Å². The number of benzene rings is 2. The molecule has 4 rings (SSSR count). The summed E-state index contributed by atoms with van der Waals surface area (Å²) in [5.74, 6) is 0. The van der Waals surface area contributed by atoms with Gasteiger partial charge in [0.1, 0.15) is 0 Å². The Hall–Kier alpha value is -2.74. The number of halogens is 3. The predicted octanol–water partition coefficient (Wildman–Crippen LogP) is 4.13. The summed E-state index contributed by atoms with van der Waals surface area (Å²) in [6.07, 6.45) is -1.39.